The highest BCUT2D eigenvalue weighted by Crippen LogP contribution is 2.27. The van der Waals surface area contributed by atoms with Gasteiger partial charge in [-0.1, -0.05) is 0 Å². The molecular formula is C10H18N4. The van der Waals surface area contributed by atoms with Gasteiger partial charge in [0.25, 0.3) is 0 Å². The zero-order chi connectivity index (χ0) is 9.97. The highest BCUT2D eigenvalue weighted by molar-refractivity contribution is 4.87. The van der Waals surface area contributed by atoms with Gasteiger partial charge in [-0.15, -0.1) is 0 Å². The average Bonchev–Trinajstić information content (AvgIpc) is 2.88. The minimum atomic E-state index is 0.865. The monoisotopic (exact) mass is 194 g/mol. The summed E-state index contributed by atoms with van der Waals surface area (Å²) in [5, 5.41) is 7.75. The van der Waals surface area contributed by atoms with Crippen molar-refractivity contribution in [1.82, 2.24) is 20.1 Å². The van der Waals surface area contributed by atoms with Crippen molar-refractivity contribution in [2.24, 2.45) is 5.92 Å². The lowest BCUT2D eigenvalue weighted by molar-refractivity contribution is 0.530. The molecule has 0 atom stereocenters. The molecule has 78 valence electrons. The largest absolute Gasteiger partial charge is 0.315 e. The van der Waals surface area contributed by atoms with Gasteiger partial charge in [0.1, 0.15) is 11.6 Å². The van der Waals surface area contributed by atoms with Crippen molar-refractivity contribution in [3.8, 4) is 0 Å². The number of aryl methyl sites for hydroxylation is 2. The predicted octanol–water partition coefficient (Wildman–Crippen LogP) is 0.895. The lowest BCUT2D eigenvalue weighted by Gasteiger charge is -2.04. The van der Waals surface area contributed by atoms with E-state index in [0.717, 1.165) is 30.7 Å². The Morgan fingerprint density at radius 1 is 1.43 bits per heavy atom. The lowest BCUT2D eigenvalue weighted by Crippen LogP contribution is -2.23. The molecule has 0 saturated heterocycles. The fourth-order valence-corrected chi connectivity index (χ4v) is 1.59. The van der Waals surface area contributed by atoms with Crippen molar-refractivity contribution in [3.05, 3.63) is 11.6 Å². The maximum Gasteiger partial charge on any atom is 0.147 e. The van der Waals surface area contributed by atoms with Crippen LogP contribution in [0, 0.1) is 19.8 Å². The molecule has 1 saturated carbocycles. The van der Waals surface area contributed by atoms with Crippen LogP contribution < -0.4 is 5.32 Å². The SMILES string of the molecule is Cc1nc(C)n(CCNCC2CC2)n1. The molecular weight excluding hydrogens is 176 g/mol. The molecule has 1 aliphatic carbocycles. The Labute approximate surface area is 84.7 Å². The Bertz CT molecular complexity index is 301. The zero-order valence-electron chi connectivity index (χ0n) is 8.95. The summed E-state index contributed by atoms with van der Waals surface area (Å²) in [6.07, 6.45) is 2.82. The molecule has 0 aliphatic heterocycles. The minimum absolute atomic E-state index is 0.865. The van der Waals surface area contributed by atoms with Crippen LogP contribution in [0.3, 0.4) is 0 Å². The summed E-state index contributed by atoms with van der Waals surface area (Å²) in [7, 11) is 0. The highest BCUT2D eigenvalue weighted by atomic mass is 15.3. The molecule has 0 amide bonds. The summed E-state index contributed by atoms with van der Waals surface area (Å²) in [4.78, 5) is 4.26. The van der Waals surface area contributed by atoms with Crippen molar-refractivity contribution in [3.63, 3.8) is 0 Å². The number of hydrogen-bond donors (Lipinski definition) is 1. The molecule has 1 aromatic heterocycles. The normalized spacial score (nSPS) is 16.1. The molecule has 1 heterocycles. The summed E-state index contributed by atoms with van der Waals surface area (Å²) in [6.45, 7) is 7.04. The van der Waals surface area contributed by atoms with E-state index < -0.39 is 0 Å². The summed E-state index contributed by atoms with van der Waals surface area (Å²) in [5.74, 6) is 2.83. The molecule has 1 aromatic rings. The van der Waals surface area contributed by atoms with Gasteiger partial charge < -0.3 is 5.32 Å². The van der Waals surface area contributed by atoms with E-state index in [1.807, 2.05) is 18.5 Å². The number of nitrogens with one attached hydrogen (secondary N) is 1. The zero-order valence-corrected chi connectivity index (χ0v) is 8.95. The van der Waals surface area contributed by atoms with Crippen molar-refractivity contribution in [2.75, 3.05) is 13.1 Å². The van der Waals surface area contributed by atoms with Gasteiger partial charge in [-0.2, -0.15) is 5.10 Å². The molecule has 14 heavy (non-hydrogen) atoms. The van der Waals surface area contributed by atoms with E-state index in [0.29, 0.717) is 0 Å². The van der Waals surface area contributed by atoms with Gasteiger partial charge in [0.05, 0.1) is 6.54 Å². The van der Waals surface area contributed by atoms with Crippen molar-refractivity contribution >= 4 is 0 Å². The van der Waals surface area contributed by atoms with E-state index >= 15 is 0 Å². The van der Waals surface area contributed by atoms with Gasteiger partial charge in [-0.3, -0.25) is 0 Å². The topological polar surface area (TPSA) is 42.7 Å². The Morgan fingerprint density at radius 3 is 2.79 bits per heavy atom. The van der Waals surface area contributed by atoms with E-state index in [-0.39, 0.29) is 0 Å². The third-order valence-electron chi connectivity index (χ3n) is 2.59. The molecule has 0 radical (unpaired) electrons. The third-order valence-corrected chi connectivity index (χ3v) is 2.59. The molecule has 4 nitrogen and oxygen atoms in total. The highest BCUT2D eigenvalue weighted by Gasteiger charge is 2.19. The Hall–Kier alpha value is -0.900. The predicted molar refractivity (Wildman–Crippen MR) is 55.1 cm³/mol. The smallest absolute Gasteiger partial charge is 0.147 e. The lowest BCUT2D eigenvalue weighted by atomic mass is 10.4. The maximum atomic E-state index is 4.31. The molecule has 4 heteroatoms. The summed E-state index contributed by atoms with van der Waals surface area (Å²) < 4.78 is 1.97. The number of hydrogen-bond acceptors (Lipinski definition) is 3. The van der Waals surface area contributed by atoms with Gasteiger partial charge in [0, 0.05) is 6.54 Å². The summed E-state index contributed by atoms with van der Waals surface area (Å²) >= 11 is 0. The van der Waals surface area contributed by atoms with Crippen molar-refractivity contribution in [1.29, 1.82) is 0 Å². The second-order valence-corrected chi connectivity index (χ2v) is 4.08. The van der Waals surface area contributed by atoms with E-state index in [4.69, 9.17) is 0 Å². The van der Waals surface area contributed by atoms with Crippen LogP contribution in [0.4, 0.5) is 0 Å². The minimum Gasteiger partial charge on any atom is -0.315 e. The average molecular weight is 194 g/mol. The van der Waals surface area contributed by atoms with Gasteiger partial charge in [0.15, 0.2) is 0 Å². The van der Waals surface area contributed by atoms with Gasteiger partial charge in [-0.25, -0.2) is 9.67 Å². The molecule has 1 aliphatic rings. The van der Waals surface area contributed by atoms with Crippen LogP contribution in [0.25, 0.3) is 0 Å². The first kappa shape index (κ1) is 9.65. The number of aromatic nitrogens is 3. The van der Waals surface area contributed by atoms with Gasteiger partial charge >= 0.3 is 0 Å². The van der Waals surface area contributed by atoms with E-state index in [2.05, 4.69) is 15.4 Å². The molecule has 1 fully saturated rings. The number of nitrogens with zero attached hydrogens (tertiary/aromatic N) is 3. The summed E-state index contributed by atoms with van der Waals surface area (Å²) in [6, 6.07) is 0. The molecule has 0 unspecified atom stereocenters. The van der Waals surface area contributed by atoms with Crippen LogP contribution in [-0.4, -0.2) is 27.9 Å². The Kier molecular flexibility index (Phi) is 2.82. The van der Waals surface area contributed by atoms with Crippen LogP contribution in [-0.2, 0) is 6.54 Å². The summed E-state index contributed by atoms with van der Waals surface area (Å²) in [5.41, 5.74) is 0. The molecule has 0 aromatic carbocycles. The van der Waals surface area contributed by atoms with Gasteiger partial charge in [-0.05, 0) is 39.2 Å². The second-order valence-electron chi connectivity index (χ2n) is 4.08. The van der Waals surface area contributed by atoms with Crippen LogP contribution in [0.5, 0.6) is 0 Å². The first-order chi connectivity index (χ1) is 6.75. The van der Waals surface area contributed by atoms with E-state index in [9.17, 15) is 0 Å². The van der Waals surface area contributed by atoms with Crippen LogP contribution in [0.1, 0.15) is 24.5 Å². The first-order valence-electron chi connectivity index (χ1n) is 5.34. The van der Waals surface area contributed by atoms with E-state index in [1.165, 1.54) is 19.4 Å². The molecule has 0 spiro atoms. The Balaban J connectivity index is 1.70. The quantitative estimate of drug-likeness (QED) is 0.708. The second kappa shape index (κ2) is 4.09. The van der Waals surface area contributed by atoms with E-state index in [1.54, 1.807) is 0 Å². The van der Waals surface area contributed by atoms with Crippen LogP contribution in [0.15, 0.2) is 0 Å². The first-order valence-corrected chi connectivity index (χ1v) is 5.34. The fourth-order valence-electron chi connectivity index (χ4n) is 1.59. The fraction of sp³-hybridized carbons (Fsp3) is 0.800. The molecule has 0 bridgehead atoms. The standard InChI is InChI=1S/C10H18N4/c1-8-12-9(2)14(13-8)6-5-11-7-10-3-4-10/h10-11H,3-7H2,1-2H3. The maximum absolute atomic E-state index is 4.31. The molecule has 2 rings (SSSR count). The van der Waals surface area contributed by atoms with Crippen LogP contribution in [0.2, 0.25) is 0 Å². The van der Waals surface area contributed by atoms with Crippen molar-refractivity contribution in [2.45, 2.75) is 33.2 Å². The van der Waals surface area contributed by atoms with Gasteiger partial charge in [0.2, 0.25) is 0 Å². The Morgan fingerprint density at radius 2 is 2.21 bits per heavy atom. The van der Waals surface area contributed by atoms with Crippen molar-refractivity contribution < 1.29 is 0 Å². The molecule has 1 N–H and O–H groups in total. The number of rotatable bonds is 5. The third kappa shape index (κ3) is 2.54. The van der Waals surface area contributed by atoms with Crippen LogP contribution >= 0.6 is 0 Å².